The van der Waals surface area contributed by atoms with E-state index in [1.807, 2.05) is 12.1 Å². The lowest BCUT2D eigenvalue weighted by molar-refractivity contribution is -0.202. The van der Waals surface area contributed by atoms with Gasteiger partial charge in [0.1, 0.15) is 19.0 Å². The lowest BCUT2D eigenvalue weighted by Crippen LogP contribution is -2.24. The lowest BCUT2D eigenvalue weighted by Gasteiger charge is -2.27. The van der Waals surface area contributed by atoms with Crippen LogP contribution in [0.2, 0.25) is 0 Å². The van der Waals surface area contributed by atoms with Crippen molar-refractivity contribution in [2.24, 2.45) is 5.92 Å². The minimum absolute atomic E-state index is 0.0906. The number of alkyl halides is 1. The van der Waals surface area contributed by atoms with E-state index in [0.717, 1.165) is 5.56 Å². The molecule has 1 saturated heterocycles. The van der Waals surface area contributed by atoms with E-state index in [2.05, 4.69) is 6.92 Å². The Morgan fingerprint density at radius 2 is 1.88 bits per heavy atom. The molecular weight excluding hydrogens is 223 g/mol. The molecule has 2 rings (SSSR count). The number of hydrogen-bond acceptors (Lipinski definition) is 3. The third kappa shape index (κ3) is 3.41. The van der Waals surface area contributed by atoms with Crippen LogP contribution in [0.4, 0.5) is 4.39 Å². The Labute approximate surface area is 100 Å². The maximum absolute atomic E-state index is 11.9. The van der Waals surface area contributed by atoms with Crippen molar-refractivity contribution in [2.45, 2.75) is 13.2 Å². The van der Waals surface area contributed by atoms with E-state index >= 15 is 0 Å². The van der Waals surface area contributed by atoms with Gasteiger partial charge in [0, 0.05) is 11.5 Å². The molecule has 0 aliphatic carbocycles. The van der Waals surface area contributed by atoms with Gasteiger partial charge >= 0.3 is 0 Å². The highest BCUT2D eigenvalue weighted by molar-refractivity contribution is 5.28. The Kier molecular flexibility index (Phi) is 4.34. The van der Waals surface area contributed by atoms with Crippen molar-refractivity contribution in [3.63, 3.8) is 0 Å². The molecule has 0 amide bonds. The molecule has 0 atom stereocenters. The van der Waals surface area contributed by atoms with Gasteiger partial charge in [-0.2, -0.15) is 0 Å². The van der Waals surface area contributed by atoms with Crippen molar-refractivity contribution in [2.75, 3.05) is 26.5 Å². The number of halogens is 1. The van der Waals surface area contributed by atoms with Gasteiger partial charge in [-0.25, -0.2) is 4.39 Å². The number of benzene rings is 1. The molecule has 1 fully saturated rings. The molecule has 0 unspecified atom stereocenters. The Morgan fingerprint density at radius 3 is 2.47 bits per heavy atom. The van der Waals surface area contributed by atoms with Crippen LogP contribution in [0.1, 0.15) is 18.8 Å². The number of hydrogen-bond donors (Lipinski definition) is 0. The quantitative estimate of drug-likeness (QED) is 0.810. The summed E-state index contributed by atoms with van der Waals surface area (Å²) in [7, 11) is 0. The van der Waals surface area contributed by atoms with E-state index < -0.39 is 6.67 Å². The zero-order chi connectivity index (χ0) is 12.1. The predicted molar refractivity (Wildman–Crippen MR) is 61.7 cm³/mol. The van der Waals surface area contributed by atoms with Gasteiger partial charge < -0.3 is 14.2 Å². The van der Waals surface area contributed by atoms with Crippen molar-refractivity contribution in [1.29, 1.82) is 0 Å². The number of ether oxygens (including phenoxy) is 3. The van der Waals surface area contributed by atoms with E-state index in [9.17, 15) is 4.39 Å². The summed E-state index contributed by atoms with van der Waals surface area (Å²) in [5.41, 5.74) is 0.962. The van der Waals surface area contributed by atoms with Crippen molar-refractivity contribution < 1.29 is 18.6 Å². The van der Waals surface area contributed by atoms with Crippen molar-refractivity contribution >= 4 is 0 Å². The summed E-state index contributed by atoms with van der Waals surface area (Å²) in [6, 6.07) is 7.37. The summed E-state index contributed by atoms with van der Waals surface area (Å²) < 4.78 is 28.2. The SMILES string of the molecule is CC1COC(c2ccc(OCCF)cc2)OC1. The number of rotatable bonds is 4. The molecule has 1 aliphatic rings. The highest BCUT2D eigenvalue weighted by atomic mass is 19.1. The molecular formula is C13H17FO3. The smallest absolute Gasteiger partial charge is 0.183 e. The molecule has 0 saturated carbocycles. The summed E-state index contributed by atoms with van der Waals surface area (Å²) >= 11 is 0. The minimum atomic E-state index is -0.478. The molecule has 4 heteroatoms. The lowest BCUT2D eigenvalue weighted by atomic mass is 10.1. The standard InChI is InChI=1S/C13H17FO3/c1-10-8-16-13(17-9-10)11-2-4-12(5-3-11)15-7-6-14/h2-5,10,13H,6-9H2,1H3. The second kappa shape index (κ2) is 5.98. The van der Waals surface area contributed by atoms with Gasteiger partial charge in [-0.3, -0.25) is 0 Å². The minimum Gasteiger partial charge on any atom is -0.491 e. The van der Waals surface area contributed by atoms with Crippen LogP contribution in [0.3, 0.4) is 0 Å². The molecule has 3 nitrogen and oxygen atoms in total. The molecule has 1 aromatic carbocycles. The molecule has 0 aromatic heterocycles. The van der Waals surface area contributed by atoms with Gasteiger partial charge in [0.25, 0.3) is 0 Å². The average Bonchev–Trinajstić information content (AvgIpc) is 2.38. The molecule has 0 N–H and O–H groups in total. The van der Waals surface area contributed by atoms with E-state index in [-0.39, 0.29) is 12.9 Å². The van der Waals surface area contributed by atoms with Crippen LogP contribution in [-0.4, -0.2) is 26.5 Å². The summed E-state index contributed by atoms with van der Waals surface area (Å²) in [5.74, 6) is 1.11. The summed E-state index contributed by atoms with van der Waals surface area (Å²) in [5, 5.41) is 0. The summed E-state index contributed by atoms with van der Waals surface area (Å²) in [4.78, 5) is 0. The Bertz CT molecular complexity index is 331. The zero-order valence-corrected chi connectivity index (χ0v) is 9.90. The largest absolute Gasteiger partial charge is 0.491 e. The van der Waals surface area contributed by atoms with Crippen LogP contribution in [0.5, 0.6) is 5.75 Å². The fourth-order valence-corrected chi connectivity index (χ4v) is 1.67. The van der Waals surface area contributed by atoms with E-state index in [4.69, 9.17) is 14.2 Å². The third-order valence-electron chi connectivity index (χ3n) is 2.56. The van der Waals surface area contributed by atoms with E-state index in [1.165, 1.54) is 0 Å². The molecule has 1 aliphatic heterocycles. The van der Waals surface area contributed by atoms with Gasteiger partial charge in [-0.1, -0.05) is 19.1 Å². The first kappa shape index (κ1) is 12.3. The Hall–Kier alpha value is -1.13. The highest BCUT2D eigenvalue weighted by Gasteiger charge is 2.20. The second-order valence-corrected chi connectivity index (χ2v) is 4.21. The first-order valence-corrected chi connectivity index (χ1v) is 5.81. The molecule has 0 radical (unpaired) electrons. The Balaban J connectivity index is 1.93. The molecule has 1 heterocycles. The Morgan fingerprint density at radius 1 is 1.24 bits per heavy atom. The van der Waals surface area contributed by atoms with Gasteiger partial charge in [-0.05, 0) is 12.1 Å². The van der Waals surface area contributed by atoms with Crippen molar-refractivity contribution in [3.8, 4) is 5.75 Å². The maximum Gasteiger partial charge on any atom is 0.183 e. The first-order chi connectivity index (χ1) is 8.29. The fraction of sp³-hybridized carbons (Fsp3) is 0.538. The fourth-order valence-electron chi connectivity index (χ4n) is 1.67. The van der Waals surface area contributed by atoms with Gasteiger partial charge in [-0.15, -0.1) is 0 Å². The summed E-state index contributed by atoms with van der Waals surface area (Å²) in [6.45, 7) is 3.13. The second-order valence-electron chi connectivity index (χ2n) is 4.21. The van der Waals surface area contributed by atoms with Gasteiger partial charge in [0.2, 0.25) is 0 Å². The first-order valence-electron chi connectivity index (χ1n) is 5.81. The monoisotopic (exact) mass is 240 g/mol. The van der Waals surface area contributed by atoms with Crippen LogP contribution in [0.25, 0.3) is 0 Å². The molecule has 94 valence electrons. The molecule has 1 aromatic rings. The highest BCUT2D eigenvalue weighted by Crippen LogP contribution is 2.26. The van der Waals surface area contributed by atoms with Crippen LogP contribution in [-0.2, 0) is 9.47 Å². The molecule has 0 spiro atoms. The normalized spacial score (nSPS) is 24.6. The van der Waals surface area contributed by atoms with E-state index in [1.54, 1.807) is 12.1 Å². The van der Waals surface area contributed by atoms with Crippen LogP contribution < -0.4 is 4.74 Å². The van der Waals surface area contributed by atoms with Crippen molar-refractivity contribution in [3.05, 3.63) is 29.8 Å². The van der Waals surface area contributed by atoms with Gasteiger partial charge in [0.15, 0.2) is 6.29 Å². The molecule has 0 bridgehead atoms. The summed E-state index contributed by atoms with van der Waals surface area (Å²) in [6.07, 6.45) is -0.290. The van der Waals surface area contributed by atoms with Crippen LogP contribution in [0.15, 0.2) is 24.3 Å². The van der Waals surface area contributed by atoms with E-state index in [0.29, 0.717) is 24.9 Å². The average molecular weight is 240 g/mol. The zero-order valence-electron chi connectivity index (χ0n) is 9.90. The topological polar surface area (TPSA) is 27.7 Å². The van der Waals surface area contributed by atoms with Crippen LogP contribution >= 0.6 is 0 Å². The third-order valence-corrected chi connectivity index (χ3v) is 2.56. The maximum atomic E-state index is 11.9. The van der Waals surface area contributed by atoms with Crippen molar-refractivity contribution in [1.82, 2.24) is 0 Å². The van der Waals surface area contributed by atoms with Crippen LogP contribution in [0, 0.1) is 5.92 Å². The predicted octanol–water partition coefficient (Wildman–Crippen LogP) is 2.72. The molecule has 17 heavy (non-hydrogen) atoms. The van der Waals surface area contributed by atoms with Gasteiger partial charge in [0.05, 0.1) is 13.2 Å².